The van der Waals surface area contributed by atoms with E-state index in [1.807, 2.05) is 6.92 Å². The molecule has 0 atom stereocenters. The summed E-state index contributed by atoms with van der Waals surface area (Å²) < 4.78 is 25.9. The number of methoxy groups -OCH3 is 1. The zero-order valence-corrected chi connectivity index (χ0v) is 22.3. The molecule has 1 saturated heterocycles. The van der Waals surface area contributed by atoms with Crippen LogP contribution in [0.4, 0.5) is 10.1 Å². The number of amides is 1. The quantitative estimate of drug-likeness (QED) is 0.304. The van der Waals surface area contributed by atoms with Crippen LogP contribution in [0.2, 0.25) is 0 Å². The van der Waals surface area contributed by atoms with E-state index in [0.717, 1.165) is 0 Å². The second-order valence-corrected chi connectivity index (χ2v) is 9.68. The molecule has 1 aliphatic heterocycles. The highest BCUT2D eigenvalue weighted by atomic mass is 79.9. The minimum absolute atomic E-state index is 0.0230. The predicted molar refractivity (Wildman–Crippen MR) is 145 cm³/mol. The third kappa shape index (κ3) is 6.03. The molecule has 190 valence electrons. The summed E-state index contributed by atoms with van der Waals surface area (Å²) in [5.41, 5.74) is 1.81. The monoisotopic (exact) mass is 584 g/mol. The summed E-state index contributed by atoms with van der Waals surface area (Å²) in [5, 5.41) is 9.58. The summed E-state index contributed by atoms with van der Waals surface area (Å²) in [6.07, 6.45) is 1.74. The number of hydrogen-bond donors (Lipinski definition) is 1. The highest BCUT2D eigenvalue weighted by Gasteiger charge is 2.32. The Bertz CT molecular complexity index is 1410. The van der Waals surface area contributed by atoms with Crippen molar-refractivity contribution in [2.24, 2.45) is 4.99 Å². The molecule has 37 heavy (non-hydrogen) atoms. The maximum atomic E-state index is 14.0. The van der Waals surface area contributed by atoms with E-state index < -0.39 is 5.97 Å². The first-order valence-electron chi connectivity index (χ1n) is 11.2. The van der Waals surface area contributed by atoms with E-state index in [0.29, 0.717) is 49.4 Å². The molecule has 0 radical (unpaired) electrons. The molecule has 0 bridgehead atoms. The molecule has 3 aromatic carbocycles. The first-order valence-corrected chi connectivity index (χ1v) is 12.8. The van der Waals surface area contributed by atoms with Crippen LogP contribution in [-0.2, 0) is 11.4 Å². The highest BCUT2D eigenvalue weighted by Crippen LogP contribution is 2.40. The lowest BCUT2D eigenvalue weighted by molar-refractivity contribution is -0.122. The van der Waals surface area contributed by atoms with Crippen molar-refractivity contribution in [1.29, 1.82) is 0 Å². The molecule has 1 aliphatic rings. The molecule has 1 fully saturated rings. The maximum Gasteiger partial charge on any atom is 0.335 e. The third-order valence-corrected chi connectivity index (χ3v) is 7.02. The van der Waals surface area contributed by atoms with Gasteiger partial charge in [-0.05, 0) is 88.7 Å². The Hall–Kier alpha value is -3.63. The number of ether oxygens (including phenoxy) is 2. The average Bonchev–Trinajstić information content (AvgIpc) is 3.17. The van der Waals surface area contributed by atoms with E-state index >= 15 is 0 Å². The first-order chi connectivity index (χ1) is 17.8. The zero-order valence-electron chi connectivity index (χ0n) is 19.9. The number of thioether (sulfide) groups is 1. The van der Waals surface area contributed by atoms with Gasteiger partial charge in [0.25, 0.3) is 5.91 Å². The highest BCUT2D eigenvalue weighted by molar-refractivity contribution is 9.10. The summed E-state index contributed by atoms with van der Waals surface area (Å²) in [4.78, 5) is 30.7. The molecule has 1 amide bonds. The van der Waals surface area contributed by atoms with E-state index in [2.05, 4.69) is 20.9 Å². The van der Waals surface area contributed by atoms with E-state index in [1.54, 1.807) is 53.4 Å². The van der Waals surface area contributed by atoms with E-state index in [4.69, 9.17) is 14.6 Å². The van der Waals surface area contributed by atoms with Gasteiger partial charge in [-0.3, -0.25) is 9.69 Å². The molecule has 1 N–H and O–H groups in total. The lowest BCUT2D eigenvalue weighted by Crippen LogP contribution is -2.28. The Morgan fingerprint density at radius 1 is 1.19 bits per heavy atom. The molecule has 0 unspecified atom stereocenters. The second kappa shape index (κ2) is 11.6. The average molecular weight is 585 g/mol. The third-order valence-electron chi connectivity index (χ3n) is 5.42. The fraction of sp³-hybridized carbons (Fsp3) is 0.148. The van der Waals surface area contributed by atoms with Crippen molar-refractivity contribution < 1.29 is 28.6 Å². The van der Waals surface area contributed by atoms with Gasteiger partial charge in [-0.15, -0.1) is 0 Å². The van der Waals surface area contributed by atoms with Crippen molar-refractivity contribution in [1.82, 2.24) is 4.90 Å². The minimum atomic E-state index is -1.02. The summed E-state index contributed by atoms with van der Waals surface area (Å²) in [7, 11) is 1.50. The Morgan fingerprint density at radius 2 is 1.92 bits per heavy atom. The SMILES string of the molecule is CCN1C(=O)C(=Cc2cc(Br)c(OCc3ccccc3F)c(OC)c2)SC1=Nc1ccc(C(=O)O)cc1. The van der Waals surface area contributed by atoms with Crippen molar-refractivity contribution in [2.75, 3.05) is 13.7 Å². The number of carboxylic acid groups (broad SMARTS) is 1. The number of nitrogens with zero attached hydrogens (tertiary/aromatic N) is 2. The van der Waals surface area contributed by atoms with Crippen molar-refractivity contribution in [2.45, 2.75) is 13.5 Å². The van der Waals surface area contributed by atoms with Gasteiger partial charge in [0.05, 0.1) is 27.7 Å². The molecular weight excluding hydrogens is 563 g/mol. The molecule has 10 heteroatoms. The van der Waals surface area contributed by atoms with Gasteiger partial charge in [0.2, 0.25) is 0 Å². The number of aromatic carboxylic acids is 1. The Morgan fingerprint density at radius 3 is 2.57 bits per heavy atom. The minimum Gasteiger partial charge on any atom is -0.493 e. The molecular formula is C27H22BrFN2O5S. The second-order valence-electron chi connectivity index (χ2n) is 7.82. The van der Waals surface area contributed by atoms with Crippen LogP contribution >= 0.6 is 27.7 Å². The fourth-order valence-corrected chi connectivity index (χ4v) is 5.18. The predicted octanol–water partition coefficient (Wildman–Crippen LogP) is 6.50. The van der Waals surface area contributed by atoms with E-state index in [9.17, 15) is 14.0 Å². The lowest BCUT2D eigenvalue weighted by atomic mass is 10.1. The number of carbonyl (C=O) groups is 2. The van der Waals surface area contributed by atoms with E-state index in [-0.39, 0.29) is 23.9 Å². The van der Waals surface area contributed by atoms with Crippen molar-refractivity contribution >= 4 is 56.5 Å². The van der Waals surface area contributed by atoms with Gasteiger partial charge in [-0.1, -0.05) is 18.2 Å². The van der Waals surface area contributed by atoms with Crippen LogP contribution in [0.15, 0.2) is 75.0 Å². The number of benzene rings is 3. The molecule has 7 nitrogen and oxygen atoms in total. The summed E-state index contributed by atoms with van der Waals surface area (Å²) in [6.45, 7) is 2.30. The Kier molecular flexibility index (Phi) is 8.30. The van der Waals surface area contributed by atoms with Crippen LogP contribution in [0, 0.1) is 5.82 Å². The van der Waals surface area contributed by atoms with Gasteiger partial charge in [0, 0.05) is 12.1 Å². The molecule has 0 aliphatic carbocycles. The Labute approximate surface area is 225 Å². The lowest BCUT2D eigenvalue weighted by Gasteiger charge is -2.14. The first kappa shape index (κ1) is 26.4. The number of rotatable bonds is 8. The van der Waals surface area contributed by atoms with Crippen molar-refractivity contribution in [3.8, 4) is 11.5 Å². The van der Waals surface area contributed by atoms with Crippen LogP contribution in [0.1, 0.15) is 28.4 Å². The van der Waals surface area contributed by atoms with Crippen LogP contribution in [0.5, 0.6) is 11.5 Å². The number of amidine groups is 1. The summed E-state index contributed by atoms with van der Waals surface area (Å²) in [5.74, 6) is -0.724. The number of carboxylic acids is 1. The van der Waals surface area contributed by atoms with Crippen LogP contribution in [0.25, 0.3) is 6.08 Å². The maximum absolute atomic E-state index is 14.0. The van der Waals surface area contributed by atoms with Gasteiger partial charge >= 0.3 is 5.97 Å². The van der Waals surface area contributed by atoms with Gasteiger partial charge in [-0.25, -0.2) is 14.2 Å². The van der Waals surface area contributed by atoms with Crippen molar-refractivity contribution in [3.63, 3.8) is 0 Å². The van der Waals surface area contributed by atoms with Gasteiger partial charge < -0.3 is 14.6 Å². The smallest absolute Gasteiger partial charge is 0.335 e. The topological polar surface area (TPSA) is 88.4 Å². The van der Waals surface area contributed by atoms with Gasteiger partial charge in [0.15, 0.2) is 16.7 Å². The number of aliphatic imine (C=N–C) groups is 1. The van der Waals surface area contributed by atoms with Gasteiger partial charge in [-0.2, -0.15) is 0 Å². The summed E-state index contributed by atoms with van der Waals surface area (Å²) >= 11 is 4.72. The fourth-order valence-electron chi connectivity index (χ4n) is 3.54. The molecule has 4 rings (SSSR count). The molecule has 3 aromatic rings. The standard InChI is InChI=1S/C27H22BrFN2O5S/c1-3-31-25(32)23(37-27(31)30-19-10-8-17(9-11-19)26(33)34)14-16-12-20(28)24(22(13-16)35-2)36-15-18-6-4-5-7-21(18)29/h4-14H,3,15H2,1-2H3,(H,33,34). The Balaban J connectivity index is 1.58. The summed E-state index contributed by atoms with van der Waals surface area (Å²) in [6, 6.07) is 16.0. The van der Waals surface area contributed by atoms with Crippen LogP contribution in [0.3, 0.4) is 0 Å². The van der Waals surface area contributed by atoms with E-state index in [1.165, 1.54) is 37.1 Å². The van der Waals surface area contributed by atoms with Crippen molar-refractivity contribution in [3.05, 3.63) is 92.5 Å². The van der Waals surface area contributed by atoms with Gasteiger partial charge in [0.1, 0.15) is 12.4 Å². The molecule has 0 saturated carbocycles. The number of hydrogen-bond acceptors (Lipinski definition) is 6. The number of carbonyl (C=O) groups excluding carboxylic acids is 1. The van der Waals surface area contributed by atoms with Crippen LogP contribution in [-0.4, -0.2) is 40.7 Å². The molecule has 1 heterocycles. The molecule has 0 aromatic heterocycles. The largest absolute Gasteiger partial charge is 0.493 e. The molecule has 0 spiro atoms. The number of halogens is 2. The normalized spacial score (nSPS) is 15.5. The van der Waals surface area contributed by atoms with Crippen LogP contribution < -0.4 is 9.47 Å². The number of likely N-dealkylation sites (N-methyl/N-ethyl adjacent to an activating group) is 1. The zero-order chi connectivity index (χ0) is 26.5.